The van der Waals surface area contributed by atoms with Crippen molar-refractivity contribution < 1.29 is 28.6 Å². The summed E-state index contributed by atoms with van der Waals surface area (Å²) in [5.74, 6) is -1.54. The number of rotatable bonds is 8. The van der Waals surface area contributed by atoms with Gasteiger partial charge in [0, 0.05) is 6.92 Å². The van der Waals surface area contributed by atoms with E-state index in [-0.39, 0.29) is 13.2 Å². The maximum Gasteiger partial charge on any atom is 0.408 e. The van der Waals surface area contributed by atoms with Crippen molar-refractivity contribution in [2.24, 2.45) is 0 Å². The van der Waals surface area contributed by atoms with Gasteiger partial charge in [-0.05, 0) is 12.5 Å². The number of benzene rings is 1. The maximum atomic E-state index is 12.2. The van der Waals surface area contributed by atoms with Crippen LogP contribution >= 0.6 is 0 Å². The van der Waals surface area contributed by atoms with E-state index >= 15 is 0 Å². The van der Waals surface area contributed by atoms with Crippen LogP contribution in [-0.4, -0.2) is 36.8 Å². The summed E-state index contributed by atoms with van der Waals surface area (Å²) in [5, 5.41) is 11.3. The van der Waals surface area contributed by atoms with E-state index in [0.29, 0.717) is 0 Å². The highest BCUT2D eigenvalue weighted by Crippen LogP contribution is 2.15. The Bertz CT molecular complexity index is 640. The zero-order valence-corrected chi connectivity index (χ0v) is 14.1. The molecule has 0 saturated heterocycles. The van der Waals surface area contributed by atoms with Gasteiger partial charge in [0.15, 0.2) is 5.54 Å². The summed E-state index contributed by atoms with van der Waals surface area (Å²) in [6, 6.07) is 10.7. The highest BCUT2D eigenvalue weighted by molar-refractivity contribution is 5.86. The molecule has 1 atom stereocenters. The summed E-state index contributed by atoms with van der Waals surface area (Å²) < 4.78 is 14.8. The molecule has 0 aliphatic carbocycles. The van der Waals surface area contributed by atoms with Crippen LogP contribution in [-0.2, 0) is 30.4 Å². The SMILES string of the molecule is CCOC(=O)[C@](CC#N)(COC(C)=O)NC(=O)OCc1ccccc1. The van der Waals surface area contributed by atoms with Gasteiger partial charge in [0.25, 0.3) is 0 Å². The number of hydrogen-bond acceptors (Lipinski definition) is 7. The van der Waals surface area contributed by atoms with Crippen molar-refractivity contribution in [2.75, 3.05) is 13.2 Å². The molecule has 0 aromatic heterocycles. The molecule has 0 radical (unpaired) electrons. The van der Waals surface area contributed by atoms with Crippen LogP contribution in [0.2, 0.25) is 0 Å². The first kappa shape index (κ1) is 20.0. The van der Waals surface area contributed by atoms with Crippen molar-refractivity contribution in [3.05, 3.63) is 35.9 Å². The number of ether oxygens (including phenoxy) is 3. The Morgan fingerprint density at radius 1 is 1.16 bits per heavy atom. The fraction of sp³-hybridized carbons (Fsp3) is 0.412. The first-order valence-electron chi connectivity index (χ1n) is 7.60. The van der Waals surface area contributed by atoms with Crippen LogP contribution in [0.3, 0.4) is 0 Å². The highest BCUT2D eigenvalue weighted by atomic mass is 16.6. The molecule has 0 spiro atoms. The molecular weight excluding hydrogens is 328 g/mol. The van der Waals surface area contributed by atoms with Crippen molar-refractivity contribution >= 4 is 18.0 Å². The van der Waals surface area contributed by atoms with Gasteiger partial charge in [-0.2, -0.15) is 5.26 Å². The largest absolute Gasteiger partial charge is 0.464 e. The van der Waals surface area contributed by atoms with E-state index in [2.05, 4.69) is 5.32 Å². The minimum absolute atomic E-state index is 0.0221. The van der Waals surface area contributed by atoms with Crippen molar-refractivity contribution in [2.45, 2.75) is 32.4 Å². The number of nitrogens with zero attached hydrogens (tertiary/aromatic N) is 1. The first-order chi connectivity index (χ1) is 11.9. The van der Waals surface area contributed by atoms with Gasteiger partial charge >= 0.3 is 18.0 Å². The molecule has 0 unspecified atom stereocenters. The number of nitrogens with one attached hydrogen (secondary N) is 1. The maximum absolute atomic E-state index is 12.2. The van der Waals surface area contributed by atoms with Crippen molar-refractivity contribution in [1.82, 2.24) is 5.32 Å². The molecule has 0 saturated carbocycles. The monoisotopic (exact) mass is 348 g/mol. The molecule has 0 aliphatic rings. The van der Waals surface area contributed by atoms with Crippen molar-refractivity contribution in [1.29, 1.82) is 5.26 Å². The van der Waals surface area contributed by atoms with Crippen LogP contribution in [0.4, 0.5) is 4.79 Å². The molecule has 1 aromatic carbocycles. The van der Waals surface area contributed by atoms with Crippen LogP contribution < -0.4 is 5.32 Å². The summed E-state index contributed by atoms with van der Waals surface area (Å²) in [7, 11) is 0. The normalized spacial score (nSPS) is 12.2. The fourth-order valence-corrected chi connectivity index (χ4v) is 1.90. The van der Waals surface area contributed by atoms with Gasteiger partial charge in [-0.25, -0.2) is 9.59 Å². The van der Waals surface area contributed by atoms with Gasteiger partial charge in [-0.3, -0.25) is 4.79 Å². The van der Waals surface area contributed by atoms with Crippen LogP contribution in [0.1, 0.15) is 25.8 Å². The molecule has 1 amide bonds. The molecule has 1 N–H and O–H groups in total. The third-order valence-corrected chi connectivity index (χ3v) is 3.12. The first-order valence-corrected chi connectivity index (χ1v) is 7.60. The number of nitriles is 1. The van der Waals surface area contributed by atoms with Crippen LogP contribution in [0.25, 0.3) is 0 Å². The van der Waals surface area contributed by atoms with E-state index in [1.54, 1.807) is 37.3 Å². The lowest BCUT2D eigenvalue weighted by atomic mass is 9.97. The van der Waals surface area contributed by atoms with Crippen molar-refractivity contribution in [3.63, 3.8) is 0 Å². The Hall–Kier alpha value is -3.08. The lowest BCUT2D eigenvalue weighted by Gasteiger charge is -2.29. The van der Waals surface area contributed by atoms with E-state index < -0.39 is 36.6 Å². The van der Waals surface area contributed by atoms with Gasteiger partial charge in [0.1, 0.15) is 13.2 Å². The molecule has 25 heavy (non-hydrogen) atoms. The predicted octanol–water partition coefficient (Wildman–Crippen LogP) is 1.69. The molecule has 8 nitrogen and oxygen atoms in total. The van der Waals surface area contributed by atoms with Crippen LogP contribution in [0, 0.1) is 11.3 Å². The minimum Gasteiger partial charge on any atom is -0.464 e. The zero-order valence-electron chi connectivity index (χ0n) is 14.1. The Labute approximate surface area is 145 Å². The standard InChI is InChI=1S/C17H20N2O6/c1-3-23-15(21)17(9-10-18,12-25-13(2)20)19-16(22)24-11-14-7-5-4-6-8-14/h4-8H,3,9,11-12H2,1-2H3,(H,19,22)/t17-/m0/s1. The third-order valence-electron chi connectivity index (χ3n) is 3.12. The summed E-state index contributed by atoms with van der Waals surface area (Å²) in [4.78, 5) is 35.4. The minimum atomic E-state index is -1.83. The second-order valence-corrected chi connectivity index (χ2v) is 5.10. The molecule has 8 heteroatoms. The summed E-state index contributed by atoms with van der Waals surface area (Å²) >= 11 is 0. The summed E-state index contributed by atoms with van der Waals surface area (Å²) in [6.07, 6.45) is -1.38. The highest BCUT2D eigenvalue weighted by Gasteiger charge is 2.43. The fourth-order valence-electron chi connectivity index (χ4n) is 1.90. The smallest absolute Gasteiger partial charge is 0.408 e. The number of carbonyl (C=O) groups is 3. The van der Waals surface area contributed by atoms with Crippen LogP contribution in [0.5, 0.6) is 0 Å². The molecule has 0 bridgehead atoms. The number of amides is 1. The third kappa shape index (κ3) is 6.51. The Balaban J connectivity index is 2.85. The molecule has 0 heterocycles. The molecule has 0 aliphatic heterocycles. The van der Waals surface area contributed by atoms with Crippen molar-refractivity contribution in [3.8, 4) is 6.07 Å². The predicted molar refractivity (Wildman–Crippen MR) is 86.0 cm³/mol. The number of carbonyl (C=O) groups excluding carboxylic acids is 3. The van der Waals surface area contributed by atoms with E-state index in [1.165, 1.54) is 0 Å². The lowest BCUT2D eigenvalue weighted by Crippen LogP contribution is -2.58. The summed E-state index contributed by atoms with van der Waals surface area (Å²) in [5.41, 5.74) is -1.08. The van der Waals surface area contributed by atoms with E-state index in [4.69, 9.17) is 19.5 Å². The van der Waals surface area contributed by atoms with Crippen LogP contribution in [0.15, 0.2) is 30.3 Å². The quantitative estimate of drug-likeness (QED) is 0.561. The molecule has 134 valence electrons. The number of esters is 2. The molecule has 1 aromatic rings. The molecular formula is C17H20N2O6. The zero-order chi connectivity index (χ0) is 18.7. The molecule has 1 rings (SSSR count). The van der Waals surface area contributed by atoms with Gasteiger partial charge < -0.3 is 19.5 Å². The Kier molecular flexibility index (Phi) is 7.93. The van der Waals surface area contributed by atoms with E-state index in [9.17, 15) is 14.4 Å². The second-order valence-electron chi connectivity index (χ2n) is 5.10. The number of alkyl carbamates (subject to hydrolysis) is 1. The van der Waals surface area contributed by atoms with E-state index in [0.717, 1.165) is 12.5 Å². The Morgan fingerprint density at radius 3 is 2.40 bits per heavy atom. The number of hydrogen-bond donors (Lipinski definition) is 1. The van der Waals surface area contributed by atoms with Gasteiger partial charge in [-0.1, -0.05) is 30.3 Å². The summed E-state index contributed by atoms with van der Waals surface area (Å²) in [6.45, 7) is 2.21. The Morgan fingerprint density at radius 2 is 1.84 bits per heavy atom. The van der Waals surface area contributed by atoms with Gasteiger partial charge in [-0.15, -0.1) is 0 Å². The average Bonchev–Trinajstić information content (AvgIpc) is 2.59. The topological polar surface area (TPSA) is 115 Å². The van der Waals surface area contributed by atoms with E-state index in [1.807, 2.05) is 6.07 Å². The lowest BCUT2D eigenvalue weighted by molar-refractivity contribution is -0.157. The van der Waals surface area contributed by atoms with Gasteiger partial charge in [0.05, 0.1) is 19.1 Å². The van der Waals surface area contributed by atoms with Gasteiger partial charge in [0.2, 0.25) is 0 Å². The second kappa shape index (κ2) is 9.93. The average molecular weight is 348 g/mol. The molecule has 0 fully saturated rings.